The summed E-state index contributed by atoms with van der Waals surface area (Å²) in [5.41, 5.74) is 1.79. The fourth-order valence-corrected chi connectivity index (χ4v) is 4.56. The monoisotopic (exact) mass is 360 g/mol. The lowest BCUT2D eigenvalue weighted by molar-refractivity contribution is -0.137. The second-order valence-corrected chi connectivity index (χ2v) is 7.96. The van der Waals surface area contributed by atoms with Crippen molar-refractivity contribution in [1.82, 2.24) is 15.1 Å². The van der Waals surface area contributed by atoms with Gasteiger partial charge in [0.05, 0.1) is 12.2 Å². The molecule has 0 aromatic heterocycles. The number of hydrogen-bond acceptors (Lipinski definition) is 3. The Morgan fingerprint density at radius 2 is 2.19 bits per heavy atom. The first-order chi connectivity index (χ1) is 12.4. The molecule has 0 unspecified atom stereocenters. The zero-order chi connectivity index (χ0) is 18.5. The number of rotatable bonds is 3. The molecule has 4 rings (SSSR count). The fraction of sp³-hybridized carbons (Fsp3) is 0.579. The number of likely N-dealkylation sites (N-methyl/N-ethyl adjacent to an activating group) is 1. The number of carbonyl (C=O) groups is 2. The first kappa shape index (κ1) is 17.3. The Labute approximate surface area is 152 Å². The quantitative estimate of drug-likeness (QED) is 0.894. The molecule has 1 aromatic rings. The maximum Gasteiger partial charge on any atom is 0.325 e. The summed E-state index contributed by atoms with van der Waals surface area (Å²) < 4.78 is 13.5. The van der Waals surface area contributed by atoms with Crippen molar-refractivity contribution in [2.45, 2.75) is 31.8 Å². The lowest BCUT2D eigenvalue weighted by Crippen LogP contribution is -2.55. The van der Waals surface area contributed by atoms with Crippen LogP contribution in [0.25, 0.3) is 0 Å². The van der Waals surface area contributed by atoms with E-state index in [0.717, 1.165) is 31.5 Å². The van der Waals surface area contributed by atoms with Gasteiger partial charge in [-0.25, -0.2) is 9.18 Å². The average molecular weight is 360 g/mol. The molecule has 0 bridgehead atoms. The number of carbonyl (C=O) groups excluding carboxylic acids is 2. The molecule has 2 fully saturated rings. The molecule has 7 heteroatoms. The van der Waals surface area contributed by atoms with E-state index in [1.54, 1.807) is 18.0 Å². The van der Waals surface area contributed by atoms with Crippen molar-refractivity contribution < 1.29 is 14.0 Å². The Bertz CT molecular complexity index is 739. The molecule has 0 atom stereocenters. The van der Waals surface area contributed by atoms with E-state index < -0.39 is 0 Å². The van der Waals surface area contributed by atoms with Crippen LogP contribution in [0.5, 0.6) is 0 Å². The summed E-state index contributed by atoms with van der Waals surface area (Å²) in [7, 11) is 3.48. The minimum Gasteiger partial charge on any atom is -0.341 e. The van der Waals surface area contributed by atoms with E-state index >= 15 is 0 Å². The van der Waals surface area contributed by atoms with Crippen LogP contribution in [0.2, 0.25) is 0 Å². The van der Waals surface area contributed by atoms with Crippen molar-refractivity contribution in [3.8, 4) is 0 Å². The Balaban J connectivity index is 1.40. The summed E-state index contributed by atoms with van der Waals surface area (Å²) >= 11 is 0. The van der Waals surface area contributed by atoms with Crippen LogP contribution in [0.4, 0.5) is 14.9 Å². The van der Waals surface area contributed by atoms with Gasteiger partial charge in [0.2, 0.25) is 5.91 Å². The van der Waals surface area contributed by atoms with Gasteiger partial charge in [-0.3, -0.25) is 9.69 Å². The Morgan fingerprint density at radius 1 is 1.42 bits per heavy atom. The van der Waals surface area contributed by atoms with Gasteiger partial charge < -0.3 is 15.1 Å². The van der Waals surface area contributed by atoms with E-state index in [4.69, 9.17) is 0 Å². The molecule has 1 aliphatic carbocycles. The number of halogens is 1. The molecule has 1 saturated carbocycles. The zero-order valence-electron chi connectivity index (χ0n) is 15.3. The summed E-state index contributed by atoms with van der Waals surface area (Å²) in [6, 6.07) is 4.42. The van der Waals surface area contributed by atoms with Crippen LogP contribution in [0.3, 0.4) is 0 Å². The van der Waals surface area contributed by atoms with Crippen LogP contribution in [-0.2, 0) is 11.3 Å². The van der Waals surface area contributed by atoms with Gasteiger partial charge in [0.1, 0.15) is 12.4 Å². The van der Waals surface area contributed by atoms with Crippen molar-refractivity contribution in [3.63, 3.8) is 0 Å². The molecular formula is C19H25FN4O2. The number of hydrogen-bond donors (Lipinski definition) is 1. The molecule has 1 saturated heterocycles. The fourth-order valence-electron chi connectivity index (χ4n) is 4.56. The van der Waals surface area contributed by atoms with E-state index in [-0.39, 0.29) is 36.9 Å². The van der Waals surface area contributed by atoms with E-state index in [0.29, 0.717) is 11.1 Å². The predicted octanol–water partition coefficient (Wildman–Crippen LogP) is 1.80. The highest BCUT2D eigenvalue weighted by molar-refractivity contribution is 5.96. The second kappa shape index (κ2) is 6.23. The Morgan fingerprint density at radius 3 is 2.88 bits per heavy atom. The predicted molar refractivity (Wildman–Crippen MR) is 96.3 cm³/mol. The number of nitrogens with one attached hydrogen (secondary N) is 1. The summed E-state index contributed by atoms with van der Waals surface area (Å²) in [4.78, 5) is 30.0. The molecule has 2 heterocycles. The van der Waals surface area contributed by atoms with Gasteiger partial charge in [-0.15, -0.1) is 0 Å². The summed E-state index contributed by atoms with van der Waals surface area (Å²) in [6.07, 6.45) is 3.25. The van der Waals surface area contributed by atoms with Crippen molar-refractivity contribution >= 4 is 17.6 Å². The van der Waals surface area contributed by atoms with Gasteiger partial charge in [0, 0.05) is 26.7 Å². The molecule has 1 N–H and O–H groups in total. The lowest BCUT2D eigenvalue weighted by atomic mass is 9.64. The molecule has 1 aromatic carbocycles. The summed E-state index contributed by atoms with van der Waals surface area (Å²) in [6.45, 7) is 2.39. The normalized spacial score (nSPS) is 27.5. The van der Waals surface area contributed by atoms with Gasteiger partial charge in [-0.2, -0.15) is 0 Å². The van der Waals surface area contributed by atoms with Crippen LogP contribution in [-0.4, -0.2) is 61.5 Å². The highest BCUT2D eigenvalue weighted by Gasteiger charge is 2.48. The van der Waals surface area contributed by atoms with E-state index in [1.165, 1.54) is 28.4 Å². The molecule has 26 heavy (non-hydrogen) atoms. The first-order valence-corrected chi connectivity index (χ1v) is 9.16. The van der Waals surface area contributed by atoms with Gasteiger partial charge in [0.15, 0.2) is 0 Å². The molecule has 2 aliphatic heterocycles. The maximum absolute atomic E-state index is 13.5. The number of urea groups is 1. The minimum absolute atomic E-state index is 0.0252. The summed E-state index contributed by atoms with van der Waals surface area (Å²) in [5.74, 6) is -0.391. The van der Waals surface area contributed by atoms with Crippen molar-refractivity contribution in [2.75, 3.05) is 38.6 Å². The molecule has 1 spiro atoms. The zero-order valence-corrected chi connectivity index (χ0v) is 15.3. The average Bonchev–Trinajstić information content (AvgIpc) is 3.07. The Hall–Kier alpha value is -2.15. The van der Waals surface area contributed by atoms with Crippen molar-refractivity contribution in [2.24, 2.45) is 5.41 Å². The minimum atomic E-state index is -0.333. The molecule has 6 nitrogen and oxygen atoms in total. The highest BCUT2D eigenvalue weighted by atomic mass is 19.1. The Kier molecular flexibility index (Phi) is 4.14. The van der Waals surface area contributed by atoms with Crippen molar-refractivity contribution in [3.05, 3.63) is 29.6 Å². The second-order valence-electron chi connectivity index (χ2n) is 7.96. The third-order valence-electron chi connectivity index (χ3n) is 6.26. The van der Waals surface area contributed by atoms with Gasteiger partial charge in [-0.1, -0.05) is 0 Å². The topological polar surface area (TPSA) is 55.9 Å². The molecule has 3 aliphatic rings. The SMILES string of the molecule is CN1C(=O)N(CC(=O)N(C)C2CC3(CCNC3)C2)Cc2cc(F)ccc21. The number of nitrogens with zero attached hydrogens (tertiary/aromatic N) is 3. The number of benzene rings is 1. The first-order valence-electron chi connectivity index (χ1n) is 9.16. The summed E-state index contributed by atoms with van der Waals surface area (Å²) in [5, 5.41) is 3.40. The third-order valence-corrected chi connectivity index (χ3v) is 6.26. The van der Waals surface area contributed by atoms with Gasteiger partial charge in [-0.05, 0) is 55.0 Å². The molecule has 140 valence electrons. The van der Waals surface area contributed by atoms with E-state index in [2.05, 4.69) is 5.32 Å². The lowest BCUT2D eigenvalue weighted by Gasteiger charge is -2.49. The smallest absolute Gasteiger partial charge is 0.325 e. The largest absolute Gasteiger partial charge is 0.341 e. The van der Waals surface area contributed by atoms with Crippen LogP contribution in [0, 0.1) is 11.2 Å². The number of amides is 3. The van der Waals surface area contributed by atoms with E-state index in [9.17, 15) is 14.0 Å². The van der Waals surface area contributed by atoms with Gasteiger partial charge in [0.25, 0.3) is 0 Å². The molecule has 0 radical (unpaired) electrons. The van der Waals surface area contributed by atoms with E-state index in [1.807, 2.05) is 7.05 Å². The van der Waals surface area contributed by atoms with Crippen LogP contribution in [0.15, 0.2) is 18.2 Å². The number of fused-ring (bicyclic) bond motifs is 1. The van der Waals surface area contributed by atoms with Crippen molar-refractivity contribution in [1.29, 1.82) is 0 Å². The third kappa shape index (κ3) is 2.84. The van der Waals surface area contributed by atoms with Crippen LogP contribution in [0.1, 0.15) is 24.8 Å². The van der Waals surface area contributed by atoms with Crippen LogP contribution >= 0.6 is 0 Å². The highest BCUT2D eigenvalue weighted by Crippen LogP contribution is 2.47. The van der Waals surface area contributed by atoms with Gasteiger partial charge >= 0.3 is 6.03 Å². The maximum atomic E-state index is 13.5. The molecular weight excluding hydrogens is 335 g/mol. The number of anilines is 1. The standard InChI is InChI=1S/C19H25FN4O2/c1-22(15-8-19(9-15)5-6-21-12-19)17(25)11-24-10-13-7-14(20)3-4-16(13)23(2)18(24)26/h3-4,7,15,21H,5-6,8-12H2,1-2H3. The van der Waals surface area contributed by atoms with Crippen LogP contribution < -0.4 is 10.2 Å². The molecule has 3 amide bonds.